The fraction of sp³-hybridized carbons (Fsp3) is 0.881. The molecule has 0 spiro atoms. The number of carbonyl (C=O) groups is 1. The predicted molar refractivity (Wildman–Crippen MR) is 189 cm³/mol. The Labute approximate surface area is 274 Å². The average molecular weight is 609 g/mol. The lowest BCUT2D eigenvalue weighted by Crippen LogP contribution is -2.55. The summed E-state index contributed by atoms with van der Waals surface area (Å²) in [5.74, 6) is 2.30. The third-order valence-electron chi connectivity index (χ3n) is 14.4. The minimum atomic E-state index is 0.0268. The van der Waals surface area contributed by atoms with Gasteiger partial charge in [-0.05, 0) is 118 Å². The summed E-state index contributed by atoms with van der Waals surface area (Å²) >= 11 is 0. The number of unbranched alkanes of at least 4 members (excludes halogenated alkanes) is 8. The summed E-state index contributed by atoms with van der Waals surface area (Å²) in [5.41, 5.74) is 6.25. The molecule has 2 saturated carbocycles. The van der Waals surface area contributed by atoms with Crippen molar-refractivity contribution in [3.63, 3.8) is 0 Å². The van der Waals surface area contributed by atoms with Crippen LogP contribution in [-0.2, 0) is 9.53 Å². The van der Waals surface area contributed by atoms with Crippen LogP contribution >= 0.6 is 0 Å². The molecule has 2 nitrogen and oxygen atoms in total. The third-order valence-corrected chi connectivity index (χ3v) is 14.4. The lowest BCUT2D eigenvalue weighted by atomic mass is 9.43. The van der Waals surface area contributed by atoms with Crippen LogP contribution in [-0.4, -0.2) is 12.1 Å². The molecule has 0 unspecified atom stereocenters. The van der Waals surface area contributed by atoms with Gasteiger partial charge in [0.05, 0.1) is 0 Å². The monoisotopic (exact) mass is 609 g/mol. The van der Waals surface area contributed by atoms with Gasteiger partial charge in [0.25, 0.3) is 0 Å². The maximum Gasteiger partial charge on any atom is 0.306 e. The van der Waals surface area contributed by atoms with Crippen molar-refractivity contribution in [1.82, 2.24) is 0 Å². The van der Waals surface area contributed by atoms with Gasteiger partial charge < -0.3 is 4.74 Å². The van der Waals surface area contributed by atoms with Crippen LogP contribution in [0.5, 0.6) is 0 Å². The second-order valence-corrected chi connectivity index (χ2v) is 17.6. The Balaban J connectivity index is 1.36. The largest absolute Gasteiger partial charge is 0.462 e. The normalized spacial score (nSPS) is 35.0. The number of allylic oxidation sites excluding steroid dienone is 4. The Bertz CT molecular complexity index is 1030. The Morgan fingerprint density at radius 2 is 1.50 bits per heavy atom. The van der Waals surface area contributed by atoms with E-state index in [-0.39, 0.29) is 22.9 Å². The molecular weight excluding hydrogens is 536 g/mol. The number of fused-ring (bicyclic) bond motifs is 4. The van der Waals surface area contributed by atoms with Crippen LogP contribution in [0.1, 0.15) is 191 Å². The summed E-state index contributed by atoms with van der Waals surface area (Å²) in [5, 5.41) is 0. The van der Waals surface area contributed by atoms with E-state index in [2.05, 4.69) is 68.4 Å². The van der Waals surface area contributed by atoms with E-state index in [1.807, 2.05) is 11.1 Å². The minimum absolute atomic E-state index is 0.0268. The van der Waals surface area contributed by atoms with Crippen LogP contribution in [0.4, 0.5) is 0 Å². The zero-order valence-electron chi connectivity index (χ0n) is 30.8. The van der Waals surface area contributed by atoms with E-state index in [1.165, 1.54) is 115 Å². The summed E-state index contributed by atoms with van der Waals surface area (Å²) in [7, 11) is 0. The molecule has 0 aromatic heterocycles. The number of rotatable bonds is 15. The molecule has 0 bridgehead atoms. The van der Waals surface area contributed by atoms with Crippen LogP contribution in [0.15, 0.2) is 22.8 Å². The van der Waals surface area contributed by atoms with Crippen LogP contribution < -0.4 is 0 Å². The van der Waals surface area contributed by atoms with Gasteiger partial charge in [0.2, 0.25) is 0 Å². The topological polar surface area (TPSA) is 26.3 Å². The molecule has 4 aliphatic rings. The van der Waals surface area contributed by atoms with Gasteiger partial charge in [-0.1, -0.05) is 123 Å². The molecule has 44 heavy (non-hydrogen) atoms. The van der Waals surface area contributed by atoms with Crippen LogP contribution in [0.2, 0.25) is 0 Å². The second kappa shape index (κ2) is 14.8. The molecule has 0 aliphatic heterocycles. The molecule has 0 aromatic carbocycles. The van der Waals surface area contributed by atoms with Gasteiger partial charge in [0, 0.05) is 11.8 Å². The first kappa shape index (κ1) is 35.8. The van der Waals surface area contributed by atoms with Gasteiger partial charge in [-0.15, -0.1) is 0 Å². The first-order chi connectivity index (χ1) is 20.8. The van der Waals surface area contributed by atoms with Crippen molar-refractivity contribution in [3.8, 4) is 0 Å². The Morgan fingerprint density at radius 1 is 0.841 bits per heavy atom. The van der Waals surface area contributed by atoms with E-state index in [9.17, 15) is 4.79 Å². The van der Waals surface area contributed by atoms with Crippen LogP contribution in [0.3, 0.4) is 0 Å². The van der Waals surface area contributed by atoms with Gasteiger partial charge >= 0.3 is 5.97 Å². The van der Waals surface area contributed by atoms with Crippen molar-refractivity contribution in [1.29, 1.82) is 0 Å². The molecule has 4 rings (SSSR count). The number of carbonyl (C=O) groups excluding carboxylic acids is 1. The standard InChI is InChI=1S/C42H72O2/c1-10-11-12-13-14-15-16-17-18-22-38(43)44-37-27-28-40(7)34-26-30-41(8)33(32(4)21-19-20-31(2)3)25-29-42(41,9)35(34)23-24-36(40)39(37,5)6/h20,32-33,36-37H,10-19,21-30H2,1-9H3/t32-,33-,36+,37+,40-,41-,42+/m1/s1. The van der Waals surface area contributed by atoms with Gasteiger partial charge in [0.1, 0.15) is 6.10 Å². The number of esters is 1. The predicted octanol–water partition coefficient (Wildman–Crippen LogP) is 13.0. The van der Waals surface area contributed by atoms with Gasteiger partial charge in [0.15, 0.2) is 0 Å². The molecule has 252 valence electrons. The molecule has 0 N–H and O–H groups in total. The van der Waals surface area contributed by atoms with Gasteiger partial charge in [-0.3, -0.25) is 4.79 Å². The van der Waals surface area contributed by atoms with E-state index in [4.69, 9.17) is 4.74 Å². The van der Waals surface area contributed by atoms with Crippen molar-refractivity contribution < 1.29 is 9.53 Å². The van der Waals surface area contributed by atoms with E-state index in [1.54, 1.807) is 0 Å². The van der Waals surface area contributed by atoms with E-state index in [0.29, 0.717) is 23.2 Å². The summed E-state index contributed by atoms with van der Waals surface area (Å²) in [6.07, 6.45) is 27.4. The minimum Gasteiger partial charge on any atom is -0.462 e. The number of ether oxygens (including phenoxy) is 1. The zero-order valence-corrected chi connectivity index (χ0v) is 30.8. The SMILES string of the molecule is CCCCCCCCCCCC(=O)O[C@H]1CC[C@]2(C)C3=C(CC[C@H]2C1(C)C)[C@]1(C)CC[C@H]([C@H](C)CCC=C(C)C)[C@@]1(C)CC3. The Hall–Kier alpha value is -1.05. The lowest BCUT2D eigenvalue weighted by Gasteiger charge is -2.62. The molecule has 4 aliphatic carbocycles. The Kier molecular flexibility index (Phi) is 12.0. The summed E-state index contributed by atoms with van der Waals surface area (Å²) in [4.78, 5) is 13.0. The molecular formula is C42H72O2. The van der Waals surface area contributed by atoms with E-state index < -0.39 is 0 Å². The fourth-order valence-corrected chi connectivity index (χ4v) is 11.5. The fourth-order valence-electron chi connectivity index (χ4n) is 11.5. The van der Waals surface area contributed by atoms with Crippen molar-refractivity contribution in [3.05, 3.63) is 22.8 Å². The molecule has 0 radical (unpaired) electrons. The number of hydrogen-bond donors (Lipinski definition) is 0. The number of hydrogen-bond acceptors (Lipinski definition) is 2. The smallest absolute Gasteiger partial charge is 0.306 e. The first-order valence-electron chi connectivity index (χ1n) is 19.4. The van der Waals surface area contributed by atoms with Crippen LogP contribution in [0.25, 0.3) is 0 Å². The second-order valence-electron chi connectivity index (χ2n) is 17.6. The zero-order chi connectivity index (χ0) is 32.2. The summed E-state index contributed by atoms with van der Waals surface area (Å²) in [6, 6.07) is 0. The quantitative estimate of drug-likeness (QED) is 0.105. The van der Waals surface area contributed by atoms with Crippen LogP contribution in [0, 0.1) is 39.4 Å². The molecule has 7 atom stereocenters. The highest BCUT2D eigenvalue weighted by atomic mass is 16.5. The van der Waals surface area contributed by atoms with Crippen molar-refractivity contribution in [2.45, 2.75) is 197 Å². The summed E-state index contributed by atoms with van der Waals surface area (Å²) < 4.78 is 6.34. The average Bonchev–Trinajstić information content (AvgIpc) is 3.24. The van der Waals surface area contributed by atoms with Gasteiger partial charge in [-0.2, -0.15) is 0 Å². The molecule has 0 saturated heterocycles. The van der Waals surface area contributed by atoms with Crippen molar-refractivity contribution >= 4 is 5.97 Å². The maximum atomic E-state index is 13.0. The van der Waals surface area contributed by atoms with Crippen molar-refractivity contribution in [2.75, 3.05) is 0 Å². The van der Waals surface area contributed by atoms with E-state index in [0.717, 1.165) is 24.7 Å². The molecule has 2 heteroatoms. The van der Waals surface area contributed by atoms with Gasteiger partial charge in [-0.25, -0.2) is 0 Å². The molecule has 2 fully saturated rings. The highest BCUT2D eigenvalue weighted by molar-refractivity contribution is 5.69. The maximum absolute atomic E-state index is 13.0. The van der Waals surface area contributed by atoms with Crippen molar-refractivity contribution in [2.24, 2.45) is 39.4 Å². The highest BCUT2D eigenvalue weighted by Gasteiger charge is 2.63. The highest BCUT2D eigenvalue weighted by Crippen LogP contribution is 2.72. The first-order valence-corrected chi connectivity index (χ1v) is 19.4. The lowest BCUT2D eigenvalue weighted by molar-refractivity contribution is -0.170. The van der Waals surface area contributed by atoms with E-state index >= 15 is 0 Å². The summed E-state index contributed by atoms with van der Waals surface area (Å²) in [6.45, 7) is 22.2. The molecule has 0 amide bonds. The molecule has 0 heterocycles. The molecule has 0 aromatic rings. The Morgan fingerprint density at radius 3 is 2.16 bits per heavy atom. The third kappa shape index (κ3) is 7.10.